The zero-order chi connectivity index (χ0) is 27.2. The summed E-state index contributed by atoms with van der Waals surface area (Å²) in [5, 5.41) is 15.4. The summed E-state index contributed by atoms with van der Waals surface area (Å²) in [4.78, 5) is 17.2. The molecule has 2 aromatic carbocycles. The molecule has 5 rings (SSSR count). The fourth-order valence-corrected chi connectivity index (χ4v) is 5.79. The molecule has 0 aliphatic heterocycles. The lowest BCUT2D eigenvalue weighted by molar-refractivity contribution is 0.0949. The van der Waals surface area contributed by atoms with E-state index >= 15 is 0 Å². The number of hydrogen-bond acceptors (Lipinski definition) is 9. The van der Waals surface area contributed by atoms with Crippen molar-refractivity contribution in [2.75, 3.05) is 20.8 Å². The van der Waals surface area contributed by atoms with E-state index in [0.29, 0.717) is 57.7 Å². The molecule has 0 atom stereocenters. The Morgan fingerprint density at radius 1 is 1.10 bits per heavy atom. The van der Waals surface area contributed by atoms with E-state index in [2.05, 4.69) is 20.5 Å². The molecule has 0 saturated carbocycles. The number of nitrogens with zero attached hydrogens (tertiary/aromatic N) is 4. The minimum Gasteiger partial charge on any atom is -0.493 e. The van der Waals surface area contributed by atoms with Crippen LogP contribution in [-0.4, -0.2) is 46.4 Å². The van der Waals surface area contributed by atoms with Gasteiger partial charge in [0.25, 0.3) is 5.91 Å². The van der Waals surface area contributed by atoms with Crippen LogP contribution in [0, 0.1) is 0 Å². The number of furan rings is 1. The molecule has 0 unspecified atom stereocenters. The number of nitrogens with one attached hydrogen (secondary N) is 1. The van der Waals surface area contributed by atoms with E-state index in [-0.39, 0.29) is 5.91 Å². The van der Waals surface area contributed by atoms with Gasteiger partial charge in [-0.25, -0.2) is 4.98 Å². The second kappa shape index (κ2) is 12.4. The number of hydrogen-bond donors (Lipinski definition) is 1. The average Bonchev–Trinajstić information content (AvgIpc) is 3.73. The van der Waals surface area contributed by atoms with Crippen molar-refractivity contribution in [3.63, 3.8) is 0 Å². The van der Waals surface area contributed by atoms with E-state index in [4.69, 9.17) is 25.5 Å². The van der Waals surface area contributed by atoms with Crippen LogP contribution in [0.15, 0.2) is 75.8 Å². The number of thiazole rings is 1. The van der Waals surface area contributed by atoms with Crippen LogP contribution in [-0.2, 0) is 12.2 Å². The molecule has 1 amide bonds. The summed E-state index contributed by atoms with van der Waals surface area (Å²) in [6.07, 6.45) is 2.23. The molecule has 0 bridgehead atoms. The Labute approximate surface area is 238 Å². The molecular weight excluding hydrogens is 558 g/mol. The fourth-order valence-electron chi connectivity index (χ4n) is 3.83. The highest BCUT2D eigenvalue weighted by molar-refractivity contribution is 7.98. The summed E-state index contributed by atoms with van der Waals surface area (Å²) >= 11 is 9.37. The second-order valence-electron chi connectivity index (χ2n) is 8.18. The van der Waals surface area contributed by atoms with Gasteiger partial charge in [0.05, 0.1) is 36.9 Å². The van der Waals surface area contributed by atoms with Gasteiger partial charge in [0.15, 0.2) is 22.4 Å². The lowest BCUT2D eigenvalue weighted by Gasteiger charge is -2.10. The van der Waals surface area contributed by atoms with Crippen LogP contribution in [0.1, 0.15) is 21.1 Å². The molecule has 0 aliphatic rings. The molecule has 0 saturated heterocycles. The number of methoxy groups -OCH3 is 2. The maximum atomic E-state index is 12.7. The van der Waals surface area contributed by atoms with Crippen LogP contribution in [0.3, 0.4) is 0 Å². The minimum absolute atomic E-state index is 0.220. The van der Waals surface area contributed by atoms with Gasteiger partial charge in [0.2, 0.25) is 5.82 Å². The number of thioether (sulfide) groups is 1. The minimum atomic E-state index is -0.220. The van der Waals surface area contributed by atoms with Crippen LogP contribution in [0.4, 0.5) is 0 Å². The van der Waals surface area contributed by atoms with Gasteiger partial charge >= 0.3 is 0 Å². The van der Waals surface area contributed by atoms with Crippen molar-refractivity contribution in [3.8, 4) is 28.8 Å². The molecule has 200 valence electrons. The number of halogens is 1. The quantitative estimate of drug-likeness (QED) is 0.192. The van der Waals surface area contributed by atoms with E-state index in [1.165, 1.54) is 23.1 Å². The molecule has 0 radical (unpaired) electrons. The third-order valence-electron chi connectivity index (χ3n) is 5.72. The predicted octanol–water partition coefficient (Wildman–Crippen LogP) is 5.92. The zero-order valence-corrected chi connectivity index (χ0v) is 23.5. The second-order valence-corrected chi connectivity index (χ2v) is 10.5. The Morgan fingerprint density at radius 3 is 2.72 bits per heavy atom. The van der Waals surface area contributed by atoms with Crippen LogP contribution in [0.25, 0.3) is 17.3 Å². The number of rotatable bonds is 11. The number of amides is 1. The molecule has 0 spiro atoms. The summed E-state index contributed by atoms with van der Waals surface area (Å²) in [7, 11) is 3.20. The van der Waals surface area contributed by atoms with Gasteiger partial charge in [-0.3, -0.25) is 9.36 Å². The van der Waals surface area contributed by atoms with Crippen LogP contribution < -0.4 is 14.8 Å². The Kier molecular flexibility index (Phi) is 8.50. The molecule has 9 nitrogen and oxygen atoms in total. The number of para-hydroxylation sites is 1. The largest absolute Gasteiger partial charge is 0.493 e. The number of benzene rings is 2. The highest BCUT2D eigenvalue weighted by Gasteiger charge is 2.20. The Hall–Kier alpha value is -3.80. The summed E-state index contributed by atoms with van der Waals surface area (Å²) in [5.41, 5.74) is 2.15. The molecule has 12 heteroatoms. The molecule has 3 aromatic heterocycles. The molecular formula is C27H24ClN5O4S2. The van der Waals surface area contributed by atoms with Crippen molar-refractivity contribution in [2.24, 2.45) is 0 Å². The molecule has 5 aromatic rings. The van der Waals surface area contributed by atoms with Gasteiger partial charge in [-0.15, -0.1) is 21.5 Å². The lowest BCUT2D eigenvalue weighted by Crippen LogP contribution is -2.26. The summed E-state index contributed by atoms with van der Waals surface area (Å²) in [6.45, 7) is 0.465. The highest BCUT2D eigenvalue weighted by Crippen LogP contribution is 2.33. The SMILES string of the molecule is COc1ccc(CCNC(=O)c2csc(CSc3nnc(-c4ccco4)n3-c3ccccc3Cl)n2)cc1OC. The first kappa shape index (κ1) is 26.8. The first-order valence-corrected chi connectivity index (χ1v) is 14.1. The van der Waals surface area contributed by atoms with Gasteiger partial charge in [0, 0.05) is 11.9 Å². The molecule has 39 heavy (non-hydrogen) atoms. The standard InChI is InChI=1S/C27H24ClN5O4S2/c1-35-21-10-9-17(14-23(21)36-2)11-12-29-26(34)19-15-38-24(30-19)16-39-27-32-31-25(22-8-5-13-37-22)33(27)20-7-4-3-6-18(20)28/h3-10,13-15H,11-12,16H2,1-2H3,(H,29,34). The topological polar surface area (TPSA) is 104 Å². The molecule has 0 aliphatic carbocycles. The van der Waals surface area contributed by atoms with E-state index in [1.54, 1.807) is 31.9 Å². The van der Waals surface area contributed by atoms with Crippen molar-refractivity contribution in [1.82, 2.24) is 25.1 Å². The third-order valence-corrected chi connectivity index (χ3v) is 8.02. The maximum Gasteiger partial charge on any atom is 0.270 e. The molecule has 1 N–H and O–H groups in total. The van der Waals surface area contributed by atoms with E-state index < -0.39 is 0 Å². The highest BCUT2D eigenvalue weighted by atomic mass is 35.5. The molecule has 3 heterocycles. The van der Waals surface area contributed by atoms with Crippen LogP contribution >= 0.6 is 34.7 Å². The average molecular weight is 582 g/mol. The van der Waals surface area contributed by atoms with E-state index in [1.807, 2.05) is 53.1 Å². The van der Waals surface area contributed by atoms with Crippen molar-refractivity contribution >= 4 is 40.6 Å². The van der Waals surface area contributed by atoms with Crippen LogP contribution in [0.2, 0.25) is 5.02 Å². The number of carbonyl (C=O) groups is 1. The van der Waals surface area contributed by atoms with Gasteiger partial charge in [0.1, 0.15) is 10.7 Å². The lowest BCUT2D eigenvalue weighted by atomic mass is 10.1. The number of carbonyl (C=O) groups excluding carboxylic acids is 1. The van der Waals surface area contributed by atoms with Gasteiger partial charge in [-0.05, 0) is 48.4 Å². The number of aromatic nitrogens is 4. The smallest absolute Gasteiger partial charge is 0.270 e. The Bertz CT molecular complexity index is 1570. The first-order valence-electron chi connectivity index (χ1n) is 11.9. The monoisotopic (exact) mass is 581 g/mol. The Morgan fingerprint density at radius 2 is 1.95 bits per heavy atom. The maximum absolute atomic E-state index is 12.7. The Balaban J connectivity index is 1.23. The number of ether oxygens (including phenoxy) is 2. The van der Waals surface area contributed by atoms with Gasteiger partial charge in [-0.2, -0.15) is 0 Å². The van der Waals surface area contributed by atoms with Crippen molar-refractivity contribution in [3.05, 3.63) is 87.5 Å². The summed E-state index contributed by atoms with van der Waals surface area (Å²) in [6, 6.07) is 16.8. The van der Waals surface area contributed by atoms with Crippen LogP contribution in [0.5, 0.6) is 11.5 Å². The zero-order valence-electron chi connectivity index (χ0n) is 21.1. The van der Waals surface area contributed by atoms with E-state index in [9.17, 15) is 4.79 Å². The van der Waals surface area contributed by atoms with Gasteiger partial charge in [-0.1, -0.05) is 41.6 Å². The third kappa shape index (κ3) is 6.11. The molecule has 0 fully saturated rings. The van der Waals surface area contributed by atoms with Crippen molar-refractivity contribution < 1.29 is 18.7 Å². The summed E-state index contributed by atoms with van der Waals surface area (Å²) < 4.78 is 18.0. The van der Waals surface area contributed by atoms with E-state index in [0.717, 1.165) is 16.3 Å². The predicted molar refractivity (Wildman–Crippen MR) is 151 cm³/mol. The van der Waals surface area contributed by atoms with Gasteiger partial charge < -0.3 is 19.2 Å². The fraction of sp³-hybridized carbons (Fsp3) is 0.185. The normalized spacial score (nSPS) is 10.9. The van der Waals surface area contributed by atoms with Crippen molar-refractivity contribution in [1.29, 1.82) is 0 Å². The summed E-state index contributed by atoms with van der Waals surface area (Å²) in [5.74, 6) is 2.73. The first-order chi connectivity index (χ1) is 19.1. The van der Waals surface area contributed by atoms with Crippen molar-refractivity contribution in [2.45, 2.75) is 17.3 Å².